The Balaban J connectivity index is 2.29. The molecule has 1 aromatic rings. The third kappa shape index (κ3) is 2.39. The van der Waals surface area contributed by atoms with Crippen molar-refractivity contribution in [1.82, 2.24) is 5.32 Å². The SMILES string of the molecule is CCNCC1CCOc2c1ccc(OC)c2C. The highest BCUT2D eigenvalue weighted by molar-refractivity contribution is 5.51. The van der Waals surface area contributed by atoms with Crippen LogP contribution in [0, 0.1) is 6.92 Å². The average Bonchev–Trinajstić information content (AvgIpc) is 2.37. The smallest absolute Gasteiger partial charge is 0.129 e. The Kier molecular flexibility index (Phi) is 3.89. The fourth-order valence-corrected chi connectivity index (χ4v) is 2.42. The minimum Gasteiger partial charge on any atom is -0.496 e. The van der Waals surface area contributed by atoms with Gasteiger partial charge in [0.05, 0.1) is 13.7 Å². The van der Waals surface area contributed by atoms with Crippen molar-refractivity contribution >= 4 is 0 Å². The molecule has 1 aliphatic heterocycles. The second-order valence-corrected chi connectivity index (χ2v) is 4.45. The molecule has 0 saturated carbocycles. The Bertz CT molecular complexity index is 390. The number of nitrogens with one attached hydrogen (secondary N) is 1. The quantitative estimate of drug-likeness (QED) is 0.869. The molecule has 0 spiro atoms. The van der Waals surface area contributed by atoms with E-state index in [1.807, 2.05) is 6.07 Å². The highest BCUT2D eigenvalue weighted by atomic mass is 16.5. The molecule has 1 aromatic carbocycles. The number of hydrogen-bond acceptors (Lipinski definition) is 3. The van der Waals surface area contributed by atoms with E-state index in [1.54, 1.807) is 7.11 Å². The number of fused-ring (bicyclic) bond motifs is 1. The predicted molar refractivity (Wildman–Crippen MR) is 69.1 cm³/mol. The fraction of sp³-hybridized carbons (Fsp3) is 0.571. The zero-order valence-corrected chi connectivity index (χ0v) is 10.9. The highest BCUT2D eigenvalue weighted by Gasteiger charge is 2.23. The maximum atomic E-state index is 5.80. The van der Waals surface area contributed by atoms with Crippen LogP contribution in [0.25, 0.3) is 0 Å². The van der Waals surface area contributed by atoms with Crippen LogP contribution >= 0.6 is 0 Å². The maximum absolute atomic E-state index is 5.80. The number of likely N-dealkylation sites (N-methyl/N-ethyl adjacent to an activating group) is 1. The van der Waals surface area contributed by atoms with Crippen molar-refractivity contribution in [3.8, 4) is 11.5 Å². The van der Waals surface area contributed by atoms with Gasteiger partial charge in [-0.05, 0) is 31.5 Å². The molecule has 2 rings (SSSR count). The largest absolute Gasteiger partial charge is 0.496 e. The summed E-state index contributed by atoms with van der Waals surface area (Å²) in [5, 5.41) is 3.42. The summed E-state index contributed by atoms with van der Waals surface area (Å²) in [6.07, 6.45) is 1.09. The molecule has 3 heteroatoms. The third-order valence-corrected chi connectivity index (χ3v) is 3.40. The van der Waals surface area contributed by atoms with E-state index in [0.717, 1.165) is 43.2 Å². The number of ether oxygens (including phenoxy) is 2. The van der Waals surface area contributed by atoms with E-state index in [-0.39, 0.29) is 0 Å². The summed E-state index contributed by atoms with van der Waals surface area (Å²) in [6, 6.07) is 4.18. The molecule has 0 aliphatic carbocycles. The first-order chi connectivity index (χ1) is 8.27. The molecule has 1 N–H and O–H groups in total. The molecule has 1 aliphatic rings. The summed E-state index contributed by atoms with van der Waals surface area (Å²) in [4.78, 5) is 0. The molecule has 94 valence electrons. The Morgan fingerprint density at radius 3 is 3.00 bits per heavy atom. The van der Waals surface area contributed by atoms with Gasteiger partial charge in [0, 0.05) is 18.0 Å². The molecule has 3 nitrogen and oxygen atoms in total. The van der Waals surface area contributed by atoms with Gasteiger partial charge >= 0.3 is 0 Å². The van der Waals surface area contributed by atoms with Crippen LogP contribution in [0.4, 0.5) is 0 Å². The van der Waals surface area contributed by atoms with Gasteiger partial charge < -0.3 is 14.8 Å². The molecule has 0 radical (unpaired) electrons. The first-order valence-electron chi connectivity index (χ1n) is 6.29. The second-order valence-electron chi connectivity index (χ2n) is 4.45. The van der Waals surface area contributed by atoms with Crippen molar-refractivity contribution in [3.05, 3.63) is 23.3 Å². The van der Waals surface area contributed by atoms with Crippen LogP contribution in [0.1, 0.15) is 30.4 Å². The molecular weight excluding hydrogens is 214 g/mol. The van der Waals surface area contributed by atoms with Crippen molar-refractivity contribution in [2.75, 3.05) is 26.8 Å². The molecule has 0 bridgehead atoms. The second kappa shape index (κ2) is 5.41. The van der Waals surface area contributed by atoms with Gasteiger partial charge in [0.15, 0.2) is 0 Å². The number of benzene rings is 1. The summed E-state index contributed by atoms with van der Waals surface area (Å²) in [7, 11) is 1.70. The van der Waals surface area contributed by atoms with Crippen molar-refractivity contribution in [2.24, 2.45) is 0 Å². The lowest BCUT2D eigenvalue weighted by Crippen LogP contribution is -2.26. The Morgan fingerprint density at radius 1 is 1.47 bits per heavy atom. The van der Waals surface area contributed by atoms with Crippen molar-refractivity contribution < 1.29 is 9.47 Å². The predicted octanol–water partition coefficient (Wildman–Crippen LogP) is 2.48. The fourth-order valence-electron chi connectivity index (χ4n) is 2.42. The molecule has 0 saturated heterocycles. The Labute approximate surface area is 103 Å². The summed E-state index contributed by atoms with van der Waals surface area (Å²) < 4.78 is 11.1. The van der Waals surface area contributed by atoms with Gasteiger partial charge in [-0.1, -0.05) is 13.0 Å². The van der Waals surface area contributed by atoms with Crippen LogP contribution in [-0.4, -0.2) is 26.8 Å². The van der Waals surface area contributed by atoms with E-state index in [1.165, 1.54) is 5.56 Å². The summed E-state index contributed by atoms with van der Waals surface area (Å²) in [5.41, 5.74) is 2.43. The molecule has 0 aromatic heterocycles. The lowest BCUT2D eigenvalue weighted by Gasteiger charge is -2.28. The van der Waals surface area contributed by atoms with Gasteiger partial charge in [-0.25, -0.2) is 0 Å². The van der Waals surface area contributed by atoms with Gasteiger partial charge in [-0.15, -0.1) is 0 Å². The minimum atomic E-state index is 0.559. The van der Waals surface area contributed by atoms with E-state index in [4.69, 9.17) is 9.47 Å². The van der Waals surface area contributed by atoms with Gasteiger partial charge in [-0.3, -0.25) is 0 Å². The first kappa shape index (κ1) is 12.2. The molecular formula is C14H21NO2. The van der Waals surface area contributed by atoms with E-state index in [9.17, 15) is 0 Å². The molecule has 1 heterocycles. The Hall–Kier alpha value is -1.22. The van der Waals surface area contributed by atoms with E-state index >= 15 is 0 Å². The van der Waals surface area contributed by atoms with E-state index in [2.05, 4.69) is 25.2 Å². The van der Waals surface area contributed by atoms with Gasteiger partial charge in [0.1, 0.15) is 11.5 Å². The zero-order valence-electron chi connectivity index (χ0n) is 10.9. The summed E-state index contributed by atoms with van der Waals surface area (Å²) >= 11 is 0. The van der Waals surface area contributed by atoms with Crippen LogP contribution in [-0.2, 0) is 0 Å². The lowest BCUT2D eigenvalue weighted by molar-refractivity contribution is 0.261. The maximum Gasteiger partial charge on any atom is 0.129 e. The normalized spacial score (nSPS) is 18.4. The van der Waals surface area contributed by atoms with Gasteiger partial charge in [0.25, 0.3) is 0 Å². The highest BCUT2D eigenvalue weighted by Crippen LogP contribution is 2.39. The lowest BCUT2D eigenvalue weighted by atomic mass is 9.91. The molecule has 1 atom stereocenters. The van der Waals surface area contributed by atoms with Crippen molar-refractivity contribution in [3.63, 3.8) is 0 Å². The van der Waals surface area contributed by atoms with Crippen molar-refractivity contribution in [2.45, 2.75) is 26.2 Å². The van der Waals surface area contributed by atoms with Crippen LogP contribution in [0.3, 0.4) is 0 Å². The first-order valence-corrected chi connectivity index (χ1v) is 6.29. The van der Waals surface area contributed by atoms with Gasteiger partial charge in [0.2, 0.25) is 0 Å². The number of hydrogen-bond donors (Lipinski definition) is 1. The Morgan fingerprint density at radius 2 is 2.29 bits per heavy atom. The standard InChI is InChI=1S/C14H21NO2/c1-4-15-9-11-7-8-17-14-10(2)13(16-3)6-5-12(11)14/h5-6,11,15H,4,7-9H2,1-3H3. The van der Waals surface area contributed by atoms with Crippen LogP contribution in [0.5, 0.6) is 11.5 Å². The van der Waals surface area contributed by atoms with Crippen LogP contribution in [0.15, 0.2) is 12.1 Å². The molecule has 17 heavy (non-hydrogen) atoms. The average molecular weight is 235 g/mol. The van der Waals surface area contributed by atoms with Gasteiger partial charge in [-0.2, -0.15) is 0 Å². The van der Waals surface area contributed by atoms with Crippen LogP contribution < -0.4 is 14.8 Å². The molecule has 0 amide bonds. The number of methoxy groups -OCH3 is 1. The monoisotopic (exact) mass is 235 g/mol. The topological polar surface area (TPSA) is 30.5 Å². The zero-order chi connectivity index (χ0) is 12.3. The van der Waals surface area contributed by atoms with Crippen LogP contribution in [0.2, 0.25) is 0 Å². The molecule has 1 unspecified atom stereocenters. The minimum absolute atomic E-state index is 0.559. The third-order valence-electron chi connectivity index (χ3n) is 3.40. The van der Waals surface area contributed by atoms with E-state index < -0.39 is 0 Å². The number of rotatable bonds is 4. The summed E-state index contributed by atoms with van der Waals surface area (Å²) in [5.74, 6) is 2.50. The summed E-state index contributed by atoms with van der Waals surface area (Å²) in [6.45, 7) is 7.05. The molecule has 0 fully saturated rings. The van der Waals surface area contributed by atoms with E-state index in [0.29, 0.717) is 5.92 Å². The van der Waals surface area contributed by atoms with Crippen molar-refractivity contribution in [1.29, 1.82) is 0 Å².